The fraction of sp³-hybridized carbons (Fsp3) is 0. The summed E-state index contributed by atoms with van der Waals surface area (Å²) >= 11 is 6.66. The molecule has 6 aromatic carbocycles. The van der Waals surface area contributed by atoms with Crippen LogP contribution in [0.15, 0.2) is 218 Å². The van der Waals surface area contributed by atoms with Gasteiger partial charge in [-0.15, -0.1) is 45.3 Å². The van der Waals surface area contributed by atoms with Crippen LogP contribution in [-0.2, 0) is 0 Å². The number of aromatic hydroxyl groups is 1. The minimum absolute atomic E-state index is 0.301. The third-order valence-electron chi connectivity index (χ3n) is 11.3. The Morgan fingerprint density at radius 3 is 0.884 bits per heavy atom. The van der Waals surface area contributed by atoms with E-state index >= 15 is 0 Å². The number of aromatic nitrogens is 3. The van der Waals surface area contributed by atoms with Crippen LogP contribution in [0.4, 0.5) is 34.1 Å². The molecule has 0 aliphatic rings. The summed E-state index contributed by atoms with van der Waals surface area (Å²) in [5, 5.41) is 10.6. The number of para-hydroxylation sites is 4. The van der Waals surface area contributed by atoms with E-state index in [4.69, 9.17) is 4.98 Å². The van der Waals surface area contributed by atoms with Gasteiger partial charge in [-0.05, 0) is 157 Å². The number of anilines is 6. The summed E-state index contributed by atoms with van der Waals surface area (Å²) in [6.07, 6.45) is 8.51. The number of benzene rings is 6. The van der Waals surface area contributed by atoms with Crippen LogP contribution in [0, 0.1) is 0 Å². The minimum Gasteiger partial charge on any atom is -0.479 e. The van der Waals surface area contributed by atoms with Gasteiger partial charge in [0.2, 0.25) is 0 Å². The first-order chi connectivity index (χ1) is 34.1. The lowest BCUT2D eigenvalue weighted by Gasteiger charge is -2.25. The van der Waals surface area contributed by atoms with Crippen molar-refractivity contribution in [1.29, 1.82) is 0 Å². The Morgan fingerprint density at radius 2 is 0.565 bits per heavy atom. The fourth-order valence-corrected chi connectivity index (χ4v) is 11.5. The molecular weight excluding hydrogens is 923 g/mol. The number of nitrogens with zero attached hydrogens (tertiary/aromatic N) is 5. The zero-order chi connectivity index (χ0) is 46.4. The Morgan fingerprint density at radius 1 is 0.290 bits per heavy atom. The van der Waals surface area contributed by atoms with Crippen molar-refractivity contribution in [3.63, 3.8) is 0 Å². The normalized spacial score (nSPS) is 11.4. The second kappa shape index (κ2) is 20.1. The Balaban J connectivity index is 0.737. The van der Waals surface area contributed by atoms with E-state index in [1.807, 2.05) is 36.4 Å². The van der Waals surface area contributed by atoms with Gasteiger partial charge in [0.25, 0.3) is 0 Å². The average Bonchev–Trinajstić information content (AvgIpc) is 4.26. The molecule has 5 heterocycles. The zero-order valence-corrected chi connectivity index (χ0v) is 40.2. The molecule has 0 atom stereocenters. The molecule has 0 unspecified atom stereocenters. The van der Waals surface area contributed by atoms with Crippen LogP contribution in [-0.4, -0.2) is 20.1 Å². The van der Waals surface area contributed by atoms with Crippen LogP contribution in [0.5, 0.6) is 6.01 Å². The lowest BCUT2D eigenvalue weighted by molar-refractivity contribution is 0.430. The van der Waals surface area contributed by atoms with Gasteiger partial charge < -0.3 is 14.9 Å². The SMILES string of the molecule is Oc1nc(-c2ccc(/C=C/c3ccc(-c4ccc(N(c5ccccc5)c5ccccc5)cc4)s3)s2)nc(-c2ccc(/C=C/c3ccc(-c4ccc(N(c5ccccc5)c5ccccc5)cc4)s3)s2)n1. The maximum absolute atomic E-state index is 10.6. The van der Waals surface area contributed by atoms with Gasteiger partial charge in [0, 0.05) is 63.4 Å². The molecule has 0 amide bonds. The highest BCUT2D eigenvalue weighted by Crippen LogP contribution is 2.39. The summed E-state index contributed by atoms with van der Waals surface area (Å²) in [6.45, 7) is 0. The van der Waals surface area contributed by atoms with Crippen molar-refractivity contribution in [2.45, 2.75) is 0 Å². The maximum Gasteiger partial charge on any atom is 0.318 e. The summed E-state index contributed by atoms with van der Waals surface area (Å²) < 4.78 is 0. The summed E-state index contributed by atoms with van der Waals surface area (Å²) in [5.41, 5.74) is 9.01. The molecule has 332 valence electrons. The molecule has 11 aromatic rings. The molecule has 0 aliphatic carbocycles. The number of rotatable bonds is 14. The first kappa shape index (κ1) is 43.6. The summed E-state index contributed by atoms with van der Waals surface area (Å²) in [7, 11) is 0. The Labute approximate surface area is 417 Å². The van der Waals surface area contributed by atoms with Gasteiger partial charge in [0.1, 0.15) is 0 Å². The second-order valence-corrected chi connectivity index (χ2v) is 20.3. The lowest BCUT2D eigenvalue weighted by atomic mass is 10.1. The molecule has 11 rings (SSSR count). The van der Waals surface area contributed by atoms with E-state index < -0.39 is 0 Å². The van der Waals surface area contributed by atoms with Crippen molar-refractivity contribution in [2.24, 2.45) is 0 Å². The third kappa shape index (κ3) is 10.0. The van der Waals surface area contributed by atoms with Crippen LogP contribution >= 0.6 is 45.3 Å². The Bertz CT molecular complexity index is 3200. The van der Waals surface area contributed by atoms with E-state index in [2.05, 4.69) is 226 Å². The maximum atomic E-state index is 10.6. The first-order valence-corrected chi connectivity index (χ1v) is 25.6. The van der Waals surface area contributed by atoms with Gasteiger partial charge in [-0.25, -0.2) is 4.98 Å². The summed E-state index contributed by atoms with van der Waals surface area (Å²) in [6, 6.07) is 75.8. The van der Waals surface area contributed by atoms with Crippen LogP contribution in [0.3, 0.4) is 0 Å². The van der Waals surface area contributed by atoms with E-state index in [0.717, 1.165) is 63.4 Å². The topological polar surface area (TPSA) is 65.4 Å². The monoisotopic (exact) mass is 963 g/mol. The molecule has 5 aromatic heterocycles. The van der Waals surface area contributed by atoms with Crippen molar-refractivity contribution in [2.75, 3.05) is 9.80 Å². The highest BCUT2D eigenvalue weighted by Gasteiger charge is 2.16. The van der Waals surface area contributed by atoms with E-state index in [1.165, 1.54) is 20.9 Å². The Hall–Kier alpha value is -7.99. The van der Waals surface area contributed by atoms with Gasteiger partial charge >= 0.3 is 6.01 Å². The fourth-order valence-electron chi connectivity index (χ4n) is 7.99. The number of thiophene rings is 4. The van der Waals surface area contributed by atoms with Gasteiger partial charge in [-0.3, -0.25) is 0 Å². The average molecular weight is 964 g/mol. The number of hydrogen-bond acceptors (Lipinski definition) is 10. The van der Waals surface area contributed by atoms with Crippen LogP contribution in [0.1, 0.15) is 19.5 Å². The standard InChI is InChI=1S/C59H41N5OS4/c65-59-61-57(55-39-35-51(68-55)31-29-49-33-37-53(66-49)41-21-25-47(26-22-41)63(43-13-5-1-6-14-43)44-15-7-2-8-16-44)60-58(62-59)56-40-36-52(69-56)32-30-50-34-38-54(67-50)42-23-27-48(28-24-42)64(45-17-9-3-10-18-45)46-19-11-4-12-20-46/h1-40H,(H,60,61,62,65)/b31-29+,32-30+. The first-order valence-electron chi connectivity index (χ1n) is 22.3. The highest BCUT2D eigenvalue weighted by molar-refractivity contribution is 7.18. The van der Waals surface area contributed by atoms with Crippen molar-refractivity contribution in [1.82, 2.24) is 15.0 Å². The van der Waals surface area contributed by atoms with Crippen LogP contribution < -0.4 is 9.80 Å². The molecule has 0 fully saturated rings. The van der Waals surface area contributed by atoms with Crippen molar-refractivity contribution in [3.8, 4) is 48.3 Å². The smallest absolute Gasteiger partial charge is 0.318 e. The van der Waals surface area contributed by atoms with Gasteiger partial charge in [0.05, 0.1) is 9.75 Å². The van der Waals surface area contributed by atoms with E-state index in [-0.39, 0.29) is 6.01 Å². The zero-order valence-electron chi connectivity index (χ0n) is 36.9. The molecule has 0 bridgehead atoms. The quantitative estimate of drug-likeness (QED) is 0.117. The predicted octanol–water partition coefficient (Wildman–Crippen LogP) is 17.8. The van der Waals surface area contributed by atoms with Crippen LogP contribution in [0.25, 0.3) is 66.6 Å². The molecule has 1 N–H and O–H groups in total. The molecule has 0 aliphatic heterocycles. The second-order valence-electron chi connectivity index (χ2n) is 15.9. The highest BCUT2D eigenvalue weighted by atomic mass is 32.1. The number of hydrogen-bond donors (Lipinski definition) is 1. The predicted molar refractivity (Wildman–Crippen MR) is 295 cm³/mol. The van der Waals surface area contributed by atoms with E-state index in [1.54, 1.807) is 45.3 Å². The molecule has 69 heavy (non-hydrogen) atoms. The molecule has 0 spiro atoms. The van der Waals surface area contributed by atoms with E-state index in [0.29, 0.717) is 11.6 Å². The van der Waals surface area contributed by atoms with Crippen LogP contribution in [0.2, 0.25) is 0 Å². The molecular formula is C59H41N5OS4. The minimum atomic E-state index is -0.301. The molecule has 10 heteroatoms. The lowest BCUT2D eigenvalue weighted by Crippen LogP contribution is -2.09. The van der Waals surface area contributed by atoms with Crippen molar-refractivity contribution in [3.05, 3.63) is 238 Å². The molecule has 0 saturated carbocycles. The van der Waals surface area contributed by atoms with Crippen molar-refractivity contribution >= 4 is 104 Å². The van der Waals surface area contributed by atoms with Gasteiger partial charge in [0.15, 0.2) is 11.6 Å². The van der Waals surface area contributed by atoms with Gasteiger partial charge in [-0.1, -0.05) is 97.1 Å². The largest absolute Gasteiger partial charge is 0.479 e. The summed E-state index contributed by atoms with van der Waals surface area (Å²) in [5.74, 6) is 0.888. The Kier molecular flexibility index (Phi) is 12.7. The molecule has 6 nitrogen and oxygen atoms in total. The van der Waals surface area contributed by atoms with Crippen molar-refractivity contribution < 1.29 is 5.11 Å². The molecule has 0 radical (unpaired) electrons. The van der Waals surface area contributed by atoms with E-state index in [9.17, 15) is 5.11 Å². The third-order valence-corrected chi connectivity index (χ3v) is 15.6. The summed E-state index contributed by atoms with van der Waals surface area (Å²) in [4.78, 5) is 26.5. The van der Waals surface area contributed by atoms with Gasteiger partial charge in [-0.2, -0.15) is 9.97 Å². The molecule has 0 saturated heterocycles.